The van der Waals surface area contributed by atoms with Crippen molar-refractivity contribution in [3.05, 3.63) is 53.6 Å². The lowest BCUT2D eigenvalue weighted by Gasteiger charge is -2.16. The number of hydrogen-bond donors (Lipinski definition) is 0. The number of nitrogens with zero attached hydrogens (tertiary/aromatic N) is 8. The van der Waals surface area contributed by atoms with Gasteiger partial charge in [0.25, 0.3) is 0 Å². The first-order valence-corrected chi connectivity index (χ1v) is 13.7. The van der Waals surface area contributed by atoms with Gasteiger partial charge in [-0.25, -0.2) is 14.6 Å². The van der Waals surface area contributed by atoms with Crippen molar-refractivity contribution < 1.29 is 14.2 Å². The lowest BCUT2D eigenvalue weighted by atomic mass is 10.1. The maximum Gasteiger partial charge on any atom is 0.215 e. The van der Waals surface area contributed by atoms with Gasteiger partial charge >= 0.3 is 0 Å². The highest BCUT2D eigenvalue weighted by Crippen LogP contribution is 2.43. The zero-order chi connectivity index (χ0) is 27.8. The minimum absolute atomic E-state index is 0.292. The molecule has 202 valence electrons. The van der Waals surface area contributed by atoms with Crippen molar-refractivity contribution >= 4 is 23.5 Å². The second kappa shape index (κ2) is 13.3. The van der Waals surface area contributed by atoms with Crippen LogP contribution in [-0.2, 0) is 12.3 Å². The zero-order valence-electron chi connectivity index (χ0n) is 22.3. The summed E-state index contributed by atoms with van der Waals surface area (Å²) in [4.78, 5) is 11.6. The molecule has 0 aliphatic heterocycles. The fourth-order valence-corrected chi connectivity index (χ4v) is 5.32. The first-order chi connectivity index (χ1) is 19.0. The SMILES string of the molecule is COc1cc(-c2nc(SCc3ccccc3)nc(Sc3nnnn3CCN(C)C)c2C#N)cc(OC)c1OC. The zero-order valence-corrected chi connectivity index (χ0v) is 23.9. The quantitative estimate of drug-likeness (QED) is 0.140. The number of tetrazole rings is 1. The molecule has 4 aromatic rings. The second-order valence-corrected chi connectivity index (χ2v) is 10.3. The van der Waals surface area contributed by atoms with Crippen molar-refractivity contribution in [3.63, 3.8) is 0 Å². The van der Waals surface area contributed by atoms with E-state index in [0.29, 0.717) is 61.7 Å². The number of methoxy groups -OCH3 is 3. The van der Waals surface area contributed by atoms with Gasteiger partial charge in [-0.2, -0.15) is 5.26 Å². The van der Waals surface area contributed by atoms with E-state index in [-0.39, 0.29) is 0 Å². The standard InChI is InChI=1S/C26H28N8O3S2/c1-33(2)11-12-34-26(30-31-32-34)39-24-19(15-27)22(18-13-20(35-3)23(37-5)21(14-18)36-4)28-25(29-24)38-16-17-9-7-6-8-10-17/h6-10,13-14H,11-12,16H2,1-5H3. The highest BCUT2D eigenvalue weighted by Gasteiger charge is 2.23. The van der Waals surface area contributed by atoms with Crippen LogP contribution in [0.1, 0.15) is 11.1 Å². The molecule has 39 heavy (non-hydrogen) atoms. The van der Waals surface area contributed by atoms with Crippen LogP contribution in [0.4, 0.5) is 0 Å². The Labute approximate surface area is 235 Å². The molecule has 0 saturated heterocycles. The molecule has 0 spiro atoms. The summed E-state index contributed by atoms with van der Waals surface area (Å²) in [5.41, 5.74) is 2.49. The summed E-state index contributed by atoms with van der Waals surface area (Å²) in [5, 5.41) is 23.9. The van der Waals surface area contributed by atoms with E-state index in [9.17, 15) is 5.26 Å². The number of likely N-dealkylation sites (N-methyl/N-ethyl adjacent to an activating group) is 1. The molecule has 0 atom stereocenters. The van der Waals surface area contributed by atoms with Gasteiger partial charge in [0.1, 0.15) is 16.7 Å². The largest absolute Gasteiger partial charge is 0.493 e. The molecule has 0 radical (unpaired) electrons. The van der Waals surface area contributed by atoms with Crippen molar-refractivity contribution in [3.8, 4) is 34.6 Å². The van der Waals surface area contributed by atoms with Crippen molar-refractivity contribution in [2.75, 3.05) is 42.0 Å². The number of nitriles is 1. The van der Waals surface area contributed by atoms with Crippen LogP contribution in [-0.4, -0.2) is 77.0 Å². The number of ether oxygens (including phenoxy) is 3. The molecular formula is C26H28N8O3S2. The van der Waals surface area contributed by atoms with Crippen molar-refractivity contribution in [1.82, 2.24) is 35.1 Å². The average Bonchev–Trinajstić information content (AvgIpc) is 3.41. The predicted molar refractivity (Wildman–Crippen MR) is 148 cm³/mol. The number of aromatic nitrogens is 6. The number of thioether (sulfide) groups is 1. The van der Waals surface area contributed by atoms with Crippen LogP contribution in [0.15, 0.2) is 57.8 Å². The molecule has 0 amide bonds. The van der Waals surface area contributed by atoms with Gasteiger partial charge in [-0.05, 0) is 54.0 Å². The fraction of sp³-hybridized carbons (Fsp3) is 0.308. The molecule has 2 aromatic carbocycles. The predicted octanol–water partition coefficient (Wildman–Crippen LogP) is 4.03. The summed E-state index contributed by atoms with van der Waals surface area (Å²) in [6.07, 6.45) is 0. The van der Waals surface area contributed by atoms with Gasteiger partial charge in [0.15, 0.2) is 16.7 Å². The molecule has 0 aliphatic rings. The van der Waals surface area contributed by atoms with Crippen LogP contribution in [0.5, 0.6) is 17.2 Å². The van der Waals surface area contributed by atoms with Crippen molar-refractivity contribution in [1.29, 1.82) is 5.26 Å². The van der Waals surface area contributed by atoms with Gasteiger partial charge in [0.2, 0.25) is 10.9 Å². The summed E-state index contributed by atoms with van der Waals surface area (Å²) in [7, 11) is 8.59. The lowest BCUT2D eigenvalue weighted by Crippen LogP contribution is -2.19. The molecular weight excluding hydrogens is 536 g/mol. The number of rotatable bonds is 12. The van der Waals surface area contributed by atoms with Crippen LogP contribution in [0.25, 0.3) is 11.3 Å². The maximum absolute atomic E-state index is 10.3. The molecule has 13 heteroatoms. The number of benzene rings is 2. The Bertz CT molecular complexity index is 1430. The molecule has 0 N–H and O–H groups in total. The maximum atomic E-state index is 10.3. The van der Waals surface area contributed by atoms with E-state index in [4.69, 9.17) is 24.2 Å². The van der Waals surface area contributed by atoms with Gasteiger partial charge in [0, 0.05) is 17.9 Å². The molecule has 2 aromatic heterocycles. The van der Waals surface area contributed by atoms with E-state index < -0.39 is 0 Å². The van der Waals surface area contributed by atoms with Crippen LogP contribution >= 0.6 is 23.5 Å². The molecule has 0 unspecified atom stereocenters. The van der Waals surface area contributed by atoms with E-state index in [0.717, 1.165) is 12.1 Å². The Morgan fingerprint density at radius 1 is 1.00 bits per heavy atom. The van der Waals surface area contributed by atoms with E-state index in [1.54, 1.807) is 38.1 Å². The van der Waals surface area contributed by atoms with Crippen molar-refractivity contribution in [2.45, 2.75) is 27.6 Å². The minimum atomic E-state index is 0.292. The Morgan fingerprint density at radius 2 is 1.72 bits per heavy atom. The average molecular weight is 565 g/mol. The third-order valence-corrected chi connectivity index (χ3v) is 7.44. The highest BCUT2D eigenvalue weighted by molar-refractivity contribution is 7.99. The van der Waals surface area contributed by atoms with Gasteiger partial charge in [-0.1, -0.05) is 42.1 Å². The summed E-state index contributed by atoms with van der Waals surface area (Å²) in [5.74, 6) is 2.01. The van der Waals surface area contributed by atoms with Crippen LogP contribution in [0, 0.1) is 11.3 Å². The van der Waals surface area contributed by atoms with Crippen LogP contribution in [0.3, 0.4) is 0 Å². The van der Waals surface area contributed by atoms with E-state index in [2.05, 4.69) is 21.6 Å². The first-order valence-electron chi connectivity index (χ1n) is 11.8. The van der Waals surface area contributed by atoms with Crippen LogP contribution < -0.4 is 14.2 Å². The molecule has 11 nitrogen and oxygen atoms in total. The summed E-state index contributed by atoms with van der Waals surface area (Å²) < 4.78 is 18.3. The topological polar surface area (TPSA) is 124 Å². The molecule has 0 bridgehead atoms. The smallest absolute Gasteiger partial charge is 0.215 e. The van der Waals surface area contributed by atoms with Gasteiger partial charge < -0.3 is 19.1 Å². The van der Waals surface area contributed by atoms with E-state index in [1.165, 1.54) is 23.5 Å². The summed E-state index contributed by atoms with van der Waals surface area (Å²) in [6, 6.07) is 15.9. The Hall–Kier alpha value is -3.86. The van der Waals surface area contributed by atoms with Gasteiger partial charge in [0.05, 0.1) is 33.6 Å². The van der Waals surface area contributed by atoms with E-state index in [1.807, 2.05) is 49.3 Å². The third-order valence-electron chi connectivity index (χ3n) is 5.56. The molecule has 2 heterocycles. The molecule has 4 rings (SSSR count). The summed E-state index contributed by atoms with van der Waals surface area (Å²) >= 11 is 2.71. The van der Waals surface area contributed by atoms with Crippen molar-refractivity contribution in [2.24, 2.45) is 0 Å². The lowest BCUT2D eigenvalue weighted by molar-refractivity contribution is 0.324. The Morgan fingerprint density at radius 3 is 2.33 bits per heavy atom. The van der Waals surface area contributed by atoms with Gasteiger partial charge in [-0.3, -0.25) is 0 Å². The third kappa shape index (κ3) is 6.78. The summed E-state index contributed by atoms with van der Waals surface area (Å²) in [6.45, 7) is 1.34. The Balaban J connectivity index is 1.82. The Kier molecular flexibility index (Phi) is 9.59. The van der Waals surface area contributed by atoms with Crippen LogP contribution in [0.2, 0.25) is 0 Å². The molecule has 0 aliphatic carbocycles. The first kappa shape index (κ1) is 28.2. The highest BCUT2D eigenvalue weighted by atomic mass is 32.2. The normalized spacial score (nSPS) is 10.9. The monoisotopic (exact) mass is 564 g/mol. The second-order valence-electron chi connectivity index (χ2n) is 8.42. The van der Waals surface area contributed by atoms with E-state index >= 15 is 0 Å². The fourth-order valence-electron chi connectivity index (χ4n) is 3.60. The minimum Gasteiger partial charge on any atom is -0.493 e. The molecule has 0 saturated carbocycles. The van der Waals surface area contributed by atoms with Gasteiger partial charge in [-0.15, -0.1) is 5.10 Å². The number of hydrogen-bond acceptors (Lipinski definition) is 12. The molecule has 0 fully saturated rings.